The summed E-state index contributed by atoms with van der Waals surface area (Å²) in [6, 6.07) is 20.5. The van der Waals surface area contributed by atoms with Crippen molar-refractivity contribution < 1.29 is 19.1 Å². The molecule has 0 aliphatic carbocycles. The first-order valence-corrected chi connectivity index (χ1v) is 9.22. The molecule has 6 nitrogen and oxygen atoms in total. The first-order valence-electron chi connectivity index (χ1n) is 9.22. The zero-order chi connectivity index (χ0) is 19.8. The molecule has 1 heterocycles. The maximum atomic E-state index is 12.6. The van der Waals surface area contributed by atoms with Crippen molar-refractivity contribution >= 4 is 11.9 Å². The van der Waals surface area contributed by atoms with E-state index in [4.69, 9.17) is 9.47 Å². The molecule has 0 amide bonds. The van der Waals surface area contributed by atoms with Gasteiger partial charge in [-0.2, -0.15) is 5.10 Å². The van der Waals surface area contributed by atoms with Crippen molar-refractivity contribution in [1.82, 2.24) is 9.78 Å². The number of carbonyl (C=O) groups is 2. The van der Waals surface area contributed by atoms with Gasteiger partial charge in [-0.25, -0.2) is 14.3 Å². The topological polar surface area (TPSA) is 70.4 Å². The highest BCUT2D eigenvalue weighted by Crippen LogP contribution is 2.22. The average Bonchev–Trinajstić information content (AvgIpc) is 3.19. The molecule has 144 valence electrons. The minimum absolute atomic E-state index is 0.242. The normalized spacial score (nSPS) is 10.5. The van der Waals surface area contributed by atoms with Crippen molar-refractivity contribution in [3.63, 3.8) is 0 Å². The van der Waals surface area contributed by atoms with Crippen LogP contribution in [0.5, 0.6) is 0 Å². The lowest BCUT2D eigenvalue weighted by Gasteiger charge is -2.08. The van der Waals surface area contributed by atoms with Gasteiger partial charge in [-0.05, 0) is 24.6 Å². The largest absolute Gasteiger partial charge is 0.463 e. The number of rotatable bonds is 8. The van der Waals surface area contributed by atoms with Crippen LogP contribution < -0.4 is 0 Å². The second-order valence-electron chi connectivity index (χ2n) is 6.18. The predicted octanol–water partition coefficient (Wildman–Crippen LogP) is 4.04. The summed E-state index contributed by atoms with van der Waals surface area (Å²) in [5.41, 5.74) is 2.49. The van der Waals surface area contributed by atoms with Crippen LogP contribution in [0.15, 0.2) is 66.7 Å². The molecule has 28 heavy (non-hydrogen) atoms. The molecule has 1 aromatic heterocycles. The number of esters is 2. The Balaban J connectivity index is 1.81. The number of carbonyl (C=O) groups excluding carboxylic acids is 2. The summed E-state index contributed by atoms with van der Waals surface area (Å²) in [6.07, 6.45) is 1.70. The molecule has 0 spiro atoms. The molecule has 6 heteroatoms. The van der Waals surface area contributed by atoms with Crippen molar-refractivity contribution in [3.05, 3.63) is 72.4 Å². The van der Waals surface area contributed by atoms with Gasteiger partial charge in [0.1, 0.15) is 0 Å². The average molecular weight is 378 g/mol. The number of hydrogen-bond donors (Lipinski definition) is 0. The monoisotopic (exact) mass is 378 g/mol. The van der Waals surface area contributed by atoms with Crippen molar-refractivity contribution in [1.29, 1.82) is 0 Å². The summed E-state index contributed by atoms with van der Waals surface area (Å²) >= 11 is 0. The standard InChI is InChI=1S/C22H22N2O4/c1-2-3-14-27-21(25)16-28-22(26)20-15-19(17-10-6-4-7-11-17)23-24(20)18-12-8-5-9-13-18/h4-13,15H,2-3,14,16H2,1H3. The van der Waals surface area contributed by atoms with Crippen LogP contribution in [0.4, 0.5) is 0 Å². The molecule has 2 aromatic carbocycles. The molecule has 0 N–H and O–H groups in total. The molecule has 0 unspecified atom stereocenters. The number of benzene rings is 2. The third-order valence-corrected chi connectivity index (χ3v) is 4.07. The predicted molar refractivity (Wildman–Crippen MR) is 105 cm³/mol. The lowest BCUT2D eigenvalue weighted by atomic mass is 10.1. The van der Waals surface area contributed by atoms with E-state index >= 15 is 0 Å². The lowest BCUT2D eigenvalue weighted by molar-refractivity contribution is -0.147. The van der Waals surface area contributed by atoms with Crippen molar-refractivity contribution in [2.75, 3.05) is 13.2 Å². The summed E-state index contributed by atoms with van der Waals surface area (Å²) in [5, 5.41) is 4.56. The maximum Gasteiger partial charge on any atom is 0.357 e. The van der Waals surface area contributed by atoms with Crippen LogP contribution in [-0.2, 0) is 14.3 Å². The Labute approximate surface area is 163 Å². The van der Waals surface area contributed by atoms with Gasteiger partial charge >= 0.3 is 11.9 Å². The molecule has 3 aromatic rings. The van der Waals surface area contributed by atoms with Gasteiger partial charge in [0.15, 0.2) is 12.3 Å². The van der Waals surface area contributed by atoms with Crippen LogP contribution in [0.1, 0.15) is 30.3 Å². The van der Waals surface area contributed by atoms with Crippen LogP contribution >= 0.6 is 0 Å². The van der Waals surface area contributed by atoms with E-state index < -0.39 is 18.5 Å². The summed E-state index contributed by atoms with van der Waals surface area (Å²) < 4.78 is 11.7. The molecule has 0 bridgehead atoms. The third-order valence-electron chi connectivity index (χ3n) is 4.07. The number of aromatic nitrogens is 2. The van der Waals surface area contributed by atoms with E-state index in [0.29, 0.717) is 12.3 Å². The fourth-order valence-corrected chi connectivity index (χ4v) is 2.61. The molecule has 0 fully saturated rings. The molecule has 0 saturated heterocycles. The van der Waals surface area contributed by atoms with Crippen LogP contribution in [0.25, 0.3) is 16.9 Å². The molecule has 3 rings (SSSR count). The van der Waals surface area contributed by atoms with Gasteiger partial charge in [-0.15, -0.1) is 0 Å². The van der Waals surface area contributed by atoms with Crippen molar-refractivity contribution in [3.8, 4) is 16.9 Å². The molecule has 0 saturated carbocycles. The van der Waals surface area contributed by atoms with Crippen molar-refractivity contribution in [2.24, 2.45) is 0 Å². The summed E-state index contributed by atoms with van der Waals surface area (Å²) in [6.45, 7) is 1.90. The van der Waals surface area contributed by atoms with Gasteiger partial charge in [0.25, 0.3) is 0 Å². The SMILES string of the molecule is CCCCOC(=O)COC(=O)c1cc(-c2ccccc2)nn1-c1ccccc1. The number of hydrogen-bond acceptors (Lipinski definition) is 5. The van der Waals surface area contributed by atoms with Crippen LogP contribution in [0.3, 0.4) is 0 Å². The zero-order valence-electron chi connectivity index (χ0n) is 15.7. The maximum absolute atomic E-state index is 12.6. The van der Waals surface area contributed by atoms with Crippen LogP contribution in [0, 0.1) is 0 Å². The van der Waals surface area contributed by atoms with Gasteiger partial charge in [0.05, 0.1) is 18.0 Å². The van der Waals surface area contributed by atoms with Gasteiger partial charge in [0, 0.05) is 5.56 Å². The first kappa shape index (κ1) is 19.4. The van der Waals surface area contributed by atoms with E-state index in [0.717, 1.165) is 24.1 Å². The Bertz CT molecular complexity index is 920. The third kappa shape index (κ3) is 4.85. The molecule has 0 aliphatic rings. The summed E-state index contributed by atoms with van der Waals surface area (Å²) in [5.74, 6) is -1.19. The van der Waals surface area contributed by atoms with Crippen molar-refractivity contribution in [2.45, 2.75) is 19.8 Å². The van der Waals surface area contributed by atoms with Gasteiger partial charge in [-0.3, -0.25) is 0 Å². The van der Waals surface area contributed by atoms with Gasteiger partial charge < -0.3 is 9.47 Å². The Morgan fingerprint density at radius 1 is 0.964 bits per heavy atom. The molecule has 0 aliphatic heterocycles. The summed E-state index contributed by atoms with van der Waals surface area (Å²) in [7, 11) is 0. The Kier molecular flexibility index (Phi) is 6.57. The second kappa shape index (κ2) is 9.50. The number of para-hydroxylation sites is 1. The minimum atomic E-state index is -0.633. The van der Waals surface area contributed by atoms with E-state index in [1.165, 1.54) is 4.68 Å². The Morgan fingerprint density at radius 3 is 2.32 bits per heavy atom. The first-order chi connectivity index (χ1) is 13.7. The number of ether oxygens (including phenoxy) is 2. The van der Waals surface area contributed by atoms with Gasteiger partial charge in [-0.1, -0.05) is 61.9 Å². The Morgan fingerprint density at radius 2 is 1.64 bits per heavy atom. The minimum Gasteiger partial charge on any atom is -0.463 e. The fourth-order valence-electron chi connectivity index (χ4n) is 2.61. The molecule has 0 atom stereocenters. The van der Waals surface area contributed by atoms with E-state index in [2.05, 4.69) is 5.10 Å². The molecule has 0 radical (unpaired) electrons. The highest BCUT2D eigenvalue weighted by atomic mass is 16.6. The second-order valence-corrected chi connectivity index (χ2v) is 6.18. The molecular formula is C22H22N2O4. The van der Waals surface area contributed by atoms with Crippen LogP contribution in [0.2, 0.25) is 0 Å². The van der Waals surface area contributed by atoms with E-state index in [1.54, 1.807) is 6.07 Å². The quantitative estimate of drug-likeness (QED) is 0.437. The van der Waals surface area contributed by atoms with E-state index in [1.807, 2.05) is 67.6 Å². The van der Waals surface area contributed by atoms with E-state index in [9.17, 15) is 9.59 Å². The van der Waals surface area contributed by atoms with E-state index in [-0.39, 0.29) is 5.69 Å². The highest BCUT2D eigenvalue weighted by Gasteiger charge is 2.20. The lowest BCUT2D eigenvalue weighted by Crippen LogP contribution is -2.19. The number of unbranched alkanes of at least 4 members (excludes halogenated alkanes) is 1. The smallest absolute Gasteiger partial charge is 0.357 e. The summed E-state index contributed by atoms with van der Waals surface area (Å²) in [4.78, 5) is 24.3. The fraction of sp³-hybridized carbons (Fsp3) is 0.227. The molecular weight excluding hydrogens is 356 g/mol. The Hall–Kier alpha value is -3.41. The highest BCUT2D eigenvalue weighted by molar-refractivity contribution is 5.91. The zero-order valence-corrected chi connectivity index (χ0v) is 15.7. The van der Waals surface area contributed by atoms with Crippen LogP contribution in [-0.4, -0.2) is 34.9 Å². The van der Waals surface area contributed by atoms with Gasteiger partial charge in [0.2, 0.25) is 0 Å². The number of nitrogens with zero attached hydrogens (tertiary/aromatic N) is 2.